The van der Waals surface area contributed by atoms with E-state index in [-0.39, 0.29) is 5.82 Å². The molecule has 0 spiro atoms. The first-order valence-electron chi connectivity index (χ1n) is 5.89. The van der Waals surface area contributed by atoms with Crippen LogP contribution in [0.5, 0.6) is 5.75 Å². The lowest BCUT2D eigenvalue weighted by Gasteiger charge is -2.17. The zero-order valence-electron chi connectivity index (χ0n) is 10.8. The third-order valence-electron chi connectivity index (χ3n) is 2.59. The van der Waals surface area contributed by atoms with Gasteiger partial charge in [0.2, 0.25) is 0 Å². The summed E-state index contributed by atoms with van der Waals surface area (Å²) in [5.74, 6) is -0.00543. The van der Waals surface area contributed by atoms with Crippen LogP contribution in [0, 0.1) is 5.82 Å². The second kappa shape index (κ2) is 7.25. The van der Waals surface area contributed by atoms with Crippen molar-refractivity contribution in [2.75, 3.05) is 33.8 Å². The summed E-state index contributed by atoms with van der Waals surface area (Å²) in [7, 11) is 3.53. The number of likely N-dealkylation sites (N-methyl/N-ethyl adjacent to an activating group) is 2. The lowest BCUT2D eigenvalue weighted by molar-refractivity contribution is 0.324. The van der Waals surface area contributed by atoms with Gasteiger partial charge in [-0.05, 0) is 31.3 Å². The van der Waals surface area contributed by atoms with Gasteiger partial charge < -0.3 is 15.0 Å². The molecule has 1 rings (SSSR count). The Balaban J connectivity index is 2.50. The first kappa shape index (κ1) is 13.9. The topological polar surface area (TPSA) is 24.5 Å². The molecule has 1 aromatic rings. The summed E-state index contributed by atoms with van der Waals surface area (Å²) in [6.07, 6.45) is 0. The number of methoxy groups -OCH3 is 1. The highest BCUT2D eigenvalue weighted by atomic mass is 19.1. The Bertz CT molecular complexity index is 344. The molecule has 0 radical (unpaired) electrons. The van der Waals surface area contributed by atoms with E-state index in [9.17, 15) is 4.39 Å². The van der Waals surface area contributed by atoms with Crippen molar-refractivity contribution in [3.8, 4) is 5.75 Å². The smallest absolute Gasteiger partial charge is 0.165 e. The fourth-order valence-corrected chi connectivity index (χ4v) is 1.64. The van der Waals surface area contributed by atoms with Gasteiger partial charge in [-0.15, -0.1) is 0 Å². The minimum atomic E-state index is -0.313. The third kappa shape index (κ3) is 4.71. The van der Waals surface area contributed by atoms with Gasteiger partial charge in [-0.25, -0.2) is 4.39 Å². The Hall–Kier alpha value is -1.13. The molecule has 0 bridgehead atoms. The number of hydrogen-bond donors (Lipinski definition) is 1. The average molecular weight is 240 g/mol. The largest absolute Gasteiger partial charge is 0.494 e. The number of ether oxygens (including phenoxy) is 1. The summed E-state index contributed by atoms with van der Waals surface area (Å²) in [6.45, 7) is 5.80. The first-order chi connectivity index (χ1) is 8.17. The number of hydrogen-bond acceptors (Lipinski definition) is 3. The molecule has 0 aliphatic carbocycles. The third-order valence-corrected chi connectivity index (χ3v) is 2.59. The summed E-state index contributed by atoms with van der Waals surface area (Å²) < 4.78 is 18.2. The SMILES string of the molecule is CCNCCN(C)Cc1ccc(F)c(OC)c1. The van der Waals surface area contributed by atoms with E-state index in [2.05, 4.69) is 17.1 Å². The molecule has 0 aliphatic rings. The molecule has 4 heteroatoms. The van der Waals surface area contributed by atoms with E-state index >= 15 is 0 Å². The van der Waals surface area contributed by atoms with Gasteiger partial charge in [0.05, 0.1) is 7.11 Å². The monoisotopic (exact) mass is 240 g/mol. The van der Waals surface area contributed by atoms with Crippen LogP contribution in [0.25, 0.3) is 0 Å². The van der Waals surface area contributed by atoms with Crippen LogP contribution in [-0.2, 0) is 6.54 Å². The van der Waals surface area contributed by atoms with Gasteiger partial charge >= 0.3 is 0 Å². The maximum absolute atomic E-state index is 13.2. The summed E-state index contributed by atoms with van der Waals surface area (Å²) in [5, 5.41) is 3.27. The fourth-order valence-electron chi connectivity index (χ4n) is 1.64. The molecule has 3 nitrogen and oxygen atoms in total. The van der Waals surface area contributed by atoms with Gasteiger partial charge in [0, 0.05) is 19.6 Å². The lowest BCUT2D eigenvalue weighted by Crippen LogP contribution is -2.28. The second-order valence-electron chi connectivity index (χ2n) is 4.06. The van der Waals surface area contributed by atoms with E-state index in [1.807, 2.05) is 7.05 Å². The van der Waals surface area contributed by atoms with Crippen molar-refractivity contribution >= 4 is 0 Å². The summed E-state index contributed by atoms with van der Waals surface area (Å²) in [6, 6.07) is 4.99. The summed E-state index contributed by atoms with van der Waals surface area (Å²) in [4.78, 5) is 2.19. The van der Waals surface area contributed by atoms with Crippen LogP contribution < -0.4 is 10.1 Å². The molecule has 0 saturated carbocycles. The molecule has 0 saturated heterocycles. The van der Waals surface area contributed by atoms with E-state index in [1.165, 1.54) is 13.2 Å². The number of rotatable bonds is 7. The zero-order chi connectivity index (χ0) is 12.7. The number of halogens is 1. The summed E-state index contributed by atoms with van der Waals surface area (Å²) >= 11 is 0. The molecular formula is C13H21FN2O. The van der Waals surface area contributed by atoms with Crippen molar-refractivity contribution < 1.29 is 9.13 Å². The van der Waals surface area contributed by atoms with Crippen molar-refractivity contribution in [2.45, 2.75) is 13.5 Å². The molecule has 0 aliphatic heterocycles. The predicted molar refractivity (Wildman–Crippen MR) is 67.8 cm³/mol. The van der Waals surface area contributed by atoms with Crippen LogP contribution in [0.2, 0.25) is 0 Å². The van der Waals surface area contributed by atoms with Crippen LogP contribution >= 0.6 is 0 Å². The number of nitrogens with one attached hydrogen (secondary N) is 1. The summed E-state index contributed by atoms with van der Waals surface area (Å²) in [5.41, 5.74) is 1.06. The van der Waals surface area contributed by atoms with Crippen LogP contribution in [0.3, 0.4) is 0 Å². The molecule has 0 amide bonds. The maximum atomic E-state index is 13.2. The molecule has 1 aromatic carbocycles. The molecule has 96 valence electrons. The minimum absolute atomic E-state index is 0.308. The van der Waals surface area contributed by atoms with E-state index in [4.69, 9.17) is 4.74 Å². The molecule has 0 heterocycles. The zero-order valence-corrected chi connectivity index (χ0v) is 10.8. The molecule has 0 aromatic heterocycles. The van der Waals surface area contributed by atoms with Crippen molar-refractivity contribution in [1.29, 1.82) is 0 Å². The second-order valence-corrected chi connectivity index (χ2v) is 4.06. The van der Waals surface area contributed by atoms with Crippen molar-refractivity contribution in [1.82, 2.24) is 10.2 Å². The lowest BCUT2D eigenvalue weighted by atomic mass is 10.2. The Labute approximate surface area is 103 Å². The molecule has 1 N–H and O–H groups in total. The quantitative estimate of drug-likeness (QED) is 0.736. The van der Waals surface area contributed by atoms with Gasteiger partial charge in [0.15, 0.2) is 11.6 Å². The normalized spacial score (nSPS) is 10.9. The van der Waals surface area contributed by atoms with Crippen molar-refractivity contribution in [3.05, 3.63) is 29.6 Å². The average Bonchev–Trinajstić information content (AvgIpc) is 2.32. The van der Waals surface area contributed by atoms with Crippen LogP contribution in [-0.4, -0.2) is 38.7 Å². The van der Waals surface area contributed by atoms with Crippen LogP contribution in [0.15, 0.2) is 18.2 Å². The van der Waals surface area contributed by atoms with Gasteiger partial charge in [0.1, 0.15) is 0 Å². The molecular weight excluding hydrogens is 219 g/mol. The van der Waals surface area contributed by atoms with Gasteiger partial charge in [-0.2, -0.15) is 0 Å². The van der Waals surface area contributed by atoms with Gasteiger partial charge in [-0.3, -0.25) is 0 Å². The van der Waals surface area contributed by atoms with Gasteiger partial charge in [-0.1, -0.05) is 13.0 Å². The Morgan fingerprint density at radius 3 is 2.82 bits per heavy atom. The molecule has 0 unspecified atom stereocenters. The minimum Gasteiger partial charge on any atom is -0.494 e. The molecule has 17 heavy (non-hydrogen) atoms. The predicted octanol–water partition coefficient (Wildman–Crippen LogP) is 1.88. The van der Waals surface area contributed by atoms with E-state index in [1.54, 1.807) is 12.1 Å². The van der Waals surface area contributed by atoms with Crippen molar-refractivity contribution in [2.24, 2.45) is 0 Å². The first-order valence-corrected chi connectivity index (χ1v) is 5.89. The Morgan fingerprint density at radius 1 is 1.41 bits per heavy atom. The maximum Gasteiger partial charge on any atom is 0.165 e. The molecule has 0 atom stereocenters. The highest BCUT2D eigenvalue weighted by Gasteiger charge is 2.05. The van der Waals surface area contributed by atoms with E-state index < -0.39 is 0 Å². The highest BCUT2D eigenvalue weighted by molar-refractivity contribution is 5.30. The van der Waals surface area contributed by atoms with Crippen molar-refractivity contribution in [3.63, 3.8) is 0 Å². The van der Waals surface area contributed by atoms with E-state index in [0.29, 0.717) is 5.75 Å². The Morgan fingerprint density at radius 2 is 2.18 bits per heavy atom. The number of benzene rings is 1. The Kier molecular flexibility index (Phi) is 5.94. The van der Waals surface area contributed by atoms with Crippen LogP contribution in [0.4, 0.5) is 4.39 Å². The standard InChI is InChI=1S/C13H21FN2O/c1-4-15-7-8-16(2)10-11-5-6-12(14)13(9-11)17-3/h5-6,9,15H,4,7-8,10H2,1-3H3. The van der Waals surface area contributed by atoms with E-state index in [0.717, 1.165) is 31.7 Å². The van der Waals surface area contributed by atoms with Gasteiger partial charge in [0.25, 0.3) is 0 Å². The highest BCUT2D eigenvalue weighted by Crippen LogP contribution is 2.18. The molecule has 0 fully saturated rings. The van der Waals surface area contributed by atoms with Crippen LogP contribution in [0.1, 0.15) is 12.5 Å². The fraction of sp³-hybridized carbons (Fsp3) is 0.538. The number of nitrogens with zero attached hydrogens (tertiary/aromatic N) is 1.